The Morgan fingerprint density at radius 1 is 0.708 bits per heavy atom. The van der Waals surface area contributed by atoms with Crippen LogP contribution in [-0.4, -0.2) is 5.33 Å². The van der Waals surface area contributed by atoms with E-state index in [2.05, 4.69) is 15.9 Å². The Hall–Kier alpha value is -1.76. The van der Waals surface area contributed by atoms with E-state index in [9.17, 15) is 26.3 Å². The largest absolute Gasteiger partial charge is 0.416 e. The molecule has 0 aliphatic rings. The molecule has 0 saturated heterocycles. The fourth-order valence-electron chi connectivity index (χ4n) is 2.16. The van der Waals surface area contributed by atoms with Crippen LogP contribution in [0, 0.1) is 0 Å². The first-order valence-corrected chi connectivity index (χ1v) is 7.86. The lowest BCUT2D eigenvalue weighted by Gasteiger charge is -2.12. The lowest BCUT2D eigenvalue weighted by atomic mass is 9.96. The van der Waals surface area contributed by atoms with Crippen molar-refractivity contribution >= 4 is 21.5 Å². The molecule has 0 bridgehead atoms. The smallest absolute Gasteiger partial charge is 0.166 e. The summed E-state index contributed by atoms with van der Waals surface area (Å²) in [5, 5.41) is 0.407. The number of hydrogen-bond acceptors (Lipinski definition) is 0. The third-order valence-corrected chi connectivity index (χ3v) is 3.65. The van der Waals surface area contributed by atoms with Crippen molar-refractivity contribution in [1.29, 1.82) is 0 Å². The van der Waals surface area contributed by atoms with Crippen LogP contribution in [0.25, 0.3) is 5.57 Å². The number of alkyl halides is 7. The summed E-state index contributed by atoms with van der Waals surface area (Å²) in [6, 6.07) is 8.99. The molecule has 0 atom stereocenters. The van der Waals surface area contributed by atoms with Gasteiger partial charge in [-0.3, -0.25) is 0 Å². The van der Waals surface area contributed by atoms with Crippen LogP contribution in [0.4, 0.5) is 26.3 Å². The van der Waals surface area contributed by atoms with Gasteiger partial charge in [0.05, 0.1) is 11.1 Å². The second kappa shape index (κ2) is 7.01. The summed E-state index contributed by atoms with van der Waals surface area (Å²) in [5.41, 5.74) is -0.0348. The summed E-state index contributed by atoms with van der Waals surface area (Å²) < 4.78 is 75.7. The quantitative estimate of drug-likeness (QED) is 0.398. The highest BCUT2D eigenvalue weighted by atomic mass is 79.9. The van der Waals surface area contributed by atoms with E-state index in [1.54, 1.807) is 6.08 Å². The highest BCUT2D eigenvalue weighted by Crippen LogP contribution is 2.33. The summed E-state index contributed by atoms with van der Waals surface area (Å²) in [6.07, 6.45) is -7.19. The molecule has 0 spiro atoms. The van der Waals surface area contributed by atoms with Gasteiger partial charge in [-0.05, 0) is 41.0 Å². The van der Waals surface area contributed by atoms with Gasteiger partial charge >= 0.3 is 12.4 Å². The molecule has 0 aliphatic heterocycles. The predicted molar refractivity (Wildman–Crippen MR) is 83.8 cm³/mol. The van der Waals surface area contributed by atoms with Crippen LogP contribution in [0.2, 0.25) is 0 Å². The second-order valence-electron chi connectivity index (χ2n) is 4.92. The van der Waals surface area contributed by atoms with Crippen molar-refractivity contribution in [2.24, 2.45) is 0 Å². The number of allylic oxidation sites excluding steroid dienone is 1. The minimum atomic E-state index is -4.44. The molecule has 0 amide bonds. The van der Waals surface area contributed by atoms with Crippen molar-refractivity contribution in [3.63, 3.8) is 0 Å². The molecule has 128 valence electrons. The highest BCUT2D eigenvalue weighted by Gasteiger charge is 2.31. The Bertz CT molecular complexity index is 649. The van der Waals surface area contributed by atoms with Gasteiger partial charge in [-0.25, -0.2) is 0 Å². The van der Waals surface area contributed by atoms with E-state index in [4.69, 9.17) is 0 Å². The Morgan fingerprint density at radius 2 is 1.04 bits per heavy atom. The van der Waals surface area contributed by atoms with Gasteiger partial charge in [0.15, 0.2) is 0 Å². The van der Waals surface area contributed by atoms with Gasteiger partial charge in [-0.1, -0.05) is 46.3 Å². The number of rotatable bonds is 3. The maximum atomic E-state index is 12.6. The van der Waals surface area contributed by atoms with Gasteiger partial charge in [-0.15, -0.1) is 0 Å². The molecular formula is C17H11BrF6. The first kappa shape index (κ1) is 18.6. The average molecular weight is 409 g/mol. The standard InChI is InChI=1S/C17H11BrF6/c18-10-9-15(11-1-5-13(6-2-11)16(19,20)21)12-3-7-14(8-4-12)17(22,23)24/h1-9H,10H2. The first-order valence-electron chi connectivity index (χ1n) is 6.74. The van der Waals surface area contributed by atoms with Gasteiger partial charge in [0.25, 0.3) is 0 Å². The van der Waals surface area contributed by atoms with Gasteiger partial charge in [-0.2, -0.15) is 26.3 Å². The van der Waals surface area contributed by atoms with Gasteiger partial charge < -0.3 is 0 Å². The van der Waals surface area contributed by atoms with Crippen LogP contribution >= 0.6 is 15.9 Å². The normalized spacial score (nSPS) is 12.1. The molecule has 2 rings (SSSR count). The van der Waals surface area contributed by atoms with Crippen LogP contribution in [0.15, 0.2) is 54.6 Å². The van der Waals surface area contributed by atoms with E-state index in [0.717, 1.165) is 24.3 Å². The maximum Gasteiger partial charge on any atom is 0.416 e. The summed E-state index contributed by atoms with van der Waals surface area (Å²) in [5.74, 6) is 0. The molecule has 0 N–H and O–H groups in total. The minimum absolute atomic E-state index is 0.407. The molecule has 0 saturated carbocycles. The lowest BCUT2D eigenvalue weighted by Crippen LogP contribution is -2.05. The summed E-state index contributed by atoms with van der Waals surface area (Å²) >= 11 is 3.20. The van der Waals surface area contributed by atoms with E-state index < -0.39 is 23.5 Å². The Kier molecular flexibility index (Phi) is 5.42. The van der Waals surface area contributed by atoms with E-state index >= 15 is 0 Å². The first-order chi connectivity index (χ1) is 11.1. The van der Waals surface area contributed by atoms with Crippen LogP contribution in [-0.2, 0) is 12.4 Å². The molecule has 0 aromatic heterocycles. The fourth-order valence-corrected chi connectivity index (χ4v) is 2.48. The van der Waals surface area contributed by atoms with Crippen molar-refractivity contribution in [1.82, 2.24) is 0 Å². The van der Waals surface area contributed by atoms with E-state index in [1.807, 2.05) is 0 Å². The van der Waals surface area contributed by atoms with E-state index in [-0.39, 0.29) is 0 Å². The summed E-state index contributed by atoms with van der Waals surface area (Å²) in [7, 11) is 0. The van der Waals surface area contributed by atoms with Crippen LogP contribution in [0.3, 0.4) is 0 Å². The third-order valence-electron chi connectivity index (χ3n) is 3.33. The van der Waals surface area contributed by atoms with Crippen LogP contribution < -0.4 is 0 Å². The molecule has 2 aromatic carbocycles. The molecule has 0 heterocycles. The molecule has 0 nitrogen and oxygen atoms in total. The van der Waals surface area contributed by atoms with E-state index in [0.29, 0.717) is 22.0 Å². The zero-order valence-electron chi connectivity index (χ0n) is 12.0. The SMILES string of the molecule is FC(F)(F)c1ccc(C(=CCBr)c2ccc(C(F)(F)F)cc2)cc1. The maximum absolute atomic E-state index is 12.6. The topological polar surface area (TPSA) is 0 Å². The number of halogens is 7. The zero-order chi connectivity index (χ0) is 18.0. The second-order valence-corrected chi connectivity index (χ2v) is 5.57. The van der Waals surface area contributed by atoms with Gasteiger partial charge in [0.2, 0.25) is 0 Å². The summed E-state index contributed by atoms with van der Waals surface area (Å²) in [6.45, 7) is 0. The molecule has 0 unspecified atom stereocenters. The molecule has 0 aliphatic carbocycles. The van der Waals surface area contributed by atoms with E-state index in [1.165, 1.54) is 24.3 Å². The Balaban J connectivity index is 2.38. The van der Waals surface area contributed by atoms with Crippen LogP contribution in [0.5, 0.6) is 0 Å². The predicted octanol–water partition coefficient (Wildman–Crippen LogP) is 6.55. The van der Waals surface area contributed by atoms with Gasteiger partial charge in [0, 0.05) is 5.33 Å². The van der Waals surface area contributed by atoms with Crippen molar-refractivity contribution in [3.8, 4) is 0 Å². The highest BCUT2D eigenvalue weighted by molar-refractivity contribution is 9.09. The molecule has 0 radical (unpaired) electrons. The van der Waals surface area contributed by atoms with Crippen molar-refractivity contribution in [2.45, 2.75) is 12.4 Å². The third kappa shape index (κ3) is 4.41. The molecular weight excluding hydrogens is 398 g/mol. The minimum Gasteiger partial charge on any atom is -0.166 e. The van der Waals surface area contributed by atoms with Crippen molar-refractivity contribution in [2.75, 3.05) is 5.33 Å². The average Bonchev–Trinajstić information content (AvgIpc) is 2.51. The monoisotopic (exact) mass is 408 g/mol. The van der Waals surface area contributed by atoms with Crippen LogP contribution in [0.1, 0.15) is 22.3 Å². The van der Waals surface area contributed by atoms with Gasteiger partial charge in [0.1, 0.15) is 0 Å². The fraction of sp³-hybridized carbons (Fsp3) is 0.176. The van der Waals surface area contributed by atoms with Crippen molar-refractivity contribution < 1.29 is 26.3 Å². The molecule has 7 heteroatoms. The Labute approximate surface area is 142 Å². The zero-order valence-corrected chi connectivity index (χ0v) is 13.6. The lowest BCUT2D eigenvalue weighted by molar-refractivity contribution is -0.138. The molecule has 0 fully saturated rings. The number of benzene rings is 2. The molecule has 2 aromatic rings. The van der Waals surface area contributed by atoms with Crippen molar-refractivity contribution in [3.05, 3.63) is 76.9 Å². The number of hydrogen-bond donors (Lipinski definition) is 0. The Morgan fingerprint density at radius 3 is 1.29 bits per heavy atom. The summed E-state index contributed by atoms with van der Waals surface area (Å²) in [4.78, 5) is 0. The molecule has 24 heavy (non-hydrogen) atoms.